The van der Waals surface area contributed by atoms with Crippen molar-refractivity contribution < 1.29 is 0 Å². The van der Waals surface area contributed by atoms with Gasteiger partial charge in [0.25, 0.3) is 0 Å². The first-order chi connectivity index (χ1) is 35.8. The van der Waals surface area contributed by atoms with Gasteiger partial charge in [-0.2, -0.15) is 17.5 Å². The average Bonchev–Trinajstić information content (AvgIpc) is 4.31. The maximum absolute atomic E-state index is 5.45. The monoisotopic (exact) mass is 1090 g/mol. The Labute approximate surface area is 461 Å². The van der Waals surface area contributed by atoms with E-state index in [1.54, 1.807) is 42.3 Å². The summed E-state index contributed by atoms with van der Waals surface area (Å²) < 4.78 is 21.0. The van der Waals surface area contributed by atoms with Gasteiger partial charge >= 0.3 is 0 Å². The van der Waals surface area contributed by atoms with Crippen LogP contribution in [-0.4, -0.2) is 33.6 Å². The van der Waals surface area contributed by atoms with E-state index in [0.717, 1.165) is 34.9 Å². The lowest BCUT2D eigenvalue weighted by Crippen LogP contribution is -2.51. The summed E-state index contributed by atoms with van der Waals surface area (Å²) in [7, 11) is -3.82. The summed E-state index contributed by atoms with van der Waals surface area (Å²) >= 11 is 6.93. The summed E-state index contributed by atoms with van der Waals surface area (Å²) in [5, 5.41) is 6.55. The van der Waals surface area contributed by atoms with Crippen LogP contribution in [0.5, 0.6) is 0 Å². The molecule has 10 heteroatoms. The van der Waals surface area contributed by atoms with Gasteiger partial charge in [0.15, 0.2) is 0 Å². The molecule has 0 radical (unpaired) electrons. The van der Waals surface area contributed by atoms with E-state index in [1.807, 2.05) is 11.3 Å². The van der Waals surface area contributed by atoms with Gasteiger partial charge in [0.1, 0.15) is 38.2 Å². The number of hydrogen-bond donors (Lipinski definition) is 0. The highest BCUT2D eigenvalue weighted by molar-refractivity contribution is 7.24. The maximum atomic E-state index is 5.45. The van der Waals surface area contributed by atoms with E-state index in [1.165, 1.54) is 204 Å². The lowest BCUT2D eigenvalue weighted by molar-refractivity contribution is 0.397. The molecule has 0 atom stereocenters. The molecule has 74 heavy (non-hydrogen) atoms. The van der Waals surface area contributed by atoms with Crippen LogP contribution in [-0.2, 0) is 10.8 Å². The summed E-state index contributed by atoms with van der Waals surface area (Å²) in [4.78, 5) is 5.93. The van der Waals surface area contributed by atoms with Gasteiger partial charge in [-0.05, 0) is 141 Å². The number of rotatable bonds is 21. The summed E-state index contributed by atoms with van der Waals surface area (Å²) in [6.45, 7) is 24.5. The Hall–Kier alpha value is -3.65. The van der Waals surface area contributed by atoms with E-state index in [2.05, 4.69) is 128 Å². The molecule has 6 heterocycles. The standard InChI is InChI=1S/C64H78N4S4Si2/c1-11-15-19-23-27-63(28-24-20-16-12-2)46-34-42-47(33-41(46)55-48(63)31-39(5)57-59(55)67-71-65-57)64(29-25-21-17-13-3,30-26-22-18-14-4)49-35-43(58-60(56(42)49)68-72-66-58)50-38-54-62(70-50)45-37-51-44(36-52(45)74(54,9)10)61-53(73(51,7)8)32-40(6)69-61/h31-38H,11-30H2,1-10H3. The Morgan fingerprint density at radius 3 is 1.31 bits per heavy atom. The van der Waals surface area contributed by atoms with Crippen molar-refractivity contribution in [3.05, 3.63) is 81.2 Å². The summed E-state index contributed by atoms with van der Waals surface area (Å²) in [5.74, 6) is 0. The molecule has 4 aromatic carbocycles. The van der Waals surface area contributed by atoms with Crippen molar-refractivity contribution in [1.29, 1.82) is 0 Å². The normalized spacial score (nSPS) is 16.4. The highest BCUT2D eigenvalue weighted by atomic mass is 32.1. The Balaban J connectivity index is 1.08. The van der Waals surface area contributed by atoms with Gasteiger partial charge in [-0.3, -0.25) is 0 Å². The molecular formula is C64H78N4S4Si2. The second-order valence-electron chi connectivity index (χ2n) is 24.4. The quantitative estimate of drug-likeness (QED) is 0.0531. The van der Waals surface area contributed by atoms with E-state index in [9.17, 15) is 0 Å². The number of nitrogens with zero attached hydrogens (tertiary/aromatic N) is 4. The molecule has 8 aromatic rings. The number of aromatic nitrogens is 4. The largest absolute Gasteiger partial charge is 0.173 e. The average molecular weight is 1090 g/mol. The van der Waals surface area contributed by atoms with Gasteiger partial charge in [-0.1, -0.05) is 175 Å². The third-order valence-electron chi connectivity index (χ3n) is 19.0. The smallest absolute Gasteiger partial charge is 0.115 e. The van der Waals surface area contributed by atoms with Gasteiger partial charge in [0.05, 0.1) is 23.5 Å². The first kappa shape index (κ1) is 51.1. The molecule has 0 bridgehead atoms. The minimum absolute atomic E-state index is 0.0657. The Morgan fingerprint density at radius 2 is 0.811 bits per heavy atom. The molecular weight excluding hydrogens is 1010 g/mol. The third-order valence-corrected chi connectivity index (χ3v) is 29.8. The van der Waals surface area contributed by atoms with Crippen molar-refractivity contribution in [3.8, 4) is 53.6 Å². The molecule has 0 saturated heterocycles. The molecule has 2 aliphatic heterocycles. The predicted molar refractivity (Wildman–Crippen MR) is 331 cm³/mol. The molecule has 0 amide bonds. The molecule has 0 spiro atoms. The van der Waals surface area contributed by atoms with Crippen LogP contribution < -0.4 is 20.7 Å². The number of aryl methyl sites for hydroxylation is 2. The van der Waals surface area contributed by atoms with Crippen LogP contribution in [0.1, 0.15) is 189 Å². The number of hydrogen-bond acceptors (Lipinski definition) is 8. The fraction of sp³-hybridized carbons (Fsp3) is 0.500. The molecule has 4 aromatic heterocycles. The van der Waals surface area contributed by atoms with Crippen molar-refractivity contribution in [1.82, 2.24) is 17.5 Å². The summed E-state index contributed by atoms with van der Waals surface area (Å²) in [6, 6.07) is 21.4. The van der Waals surface area contributed by atoms with Gasteiger partial charge in [-0.25, -0.2) is 0 Å². The van der Waals surface area contributed by atoms with Crippen molar-refractivity contribution in [2.75, 3.05) is 0 Å². The van der Waals surface area contributed by atoms with Gasteiger partial charge < -0.3 is 0 Å². The zero-order chi connectivity index (χ0) is 51.3. The molecule has 386 valence electrons. The number of thiophene rings is 2. The molecule has 4 nitrogen and oxygen atoms in total. The third kappa shape index (κ3) is 7.72. The maximum Gasteiger partial charge on any atom is 0.115 e. The second-order valence-corrected chi connectivity index (χ2v) is 36.4. The molecule has 12 rings (SSSR count). The van der Waals surface area contributed by atoms with Crippen LogP contribution in [0.25, 0.3) is 75.6 Å². The molecule has 2 aliphatic carbocycles. The highest BCUT2D eigenvalue weighted by Gasteiger charge is 2.51. The fourth-order valence-electron chi connectivity index (χ4n) is 15.0. The van der Waals surface area contributed by atoms with E-state index >= 15 is 0 Å². The zero-order valence-electron chi connectivity index (χ0n) is 46.2. The van der Waals surface area contributed by atoms with E-state index in [-0.39, 0.29) is 10.8 Å². The van der Waals surface area contributed by atoms with Crippen molar-refractivity contribution in [2.24, 2.45) is 0 Å². The van der Waals surface area contributed by atoms with E-state index < -0.39 is 16.1 Å². The van der Waals surface area contributed by atoms with E-state index in [0.29, 0.717) is 0 Å². The van der Waals surface area contributed by atoms with Crippen LogP contribution in [0, 0.1) is 13.8 Å². The zero-order valence-corrected chi connectivity index (χ0v) is 51.4. The van der Waals surface area contributed by atoms with Crippen LogP contribution in [0.2, 0.25) is 26.2 Å². The van der Waals surface area contributed by atoms with Crippen LogP contribution in [0.4, 0.5) is 0 Å². The van der Waals surface area contributed by atoms with E-state index in [4.69, 9.17) is 17.5 Å². The Morgan fingerprint density at radius 1 is 0.392 bits per heavy atom. The van der Waals surface area contributed by atoms with Crippen LogP contribution in [0.15, 0.2) is 48.5 Å². The highest BCUT2D eigenvalue weighted by Crippen LogP contribution is 2.63. The second kappa shape index (κ2) is 19.7. The number of unbranched alkanes of at least 4 members (excludes halogenated alkanes) is 12. The number of benzene rings is 4. The number of fused-ring (bicyclic) bond motifs is 16. The molecule has 4 aliphatic rings. The fourth-order valence-corrected chi connectivity index (χ4v) is 26.3. The lowest BCUT2D eigenvalue weighted by Gasteiger charge is -2.35. The topological polar surface area (TPSA) is 51.6 Å². The predicted octanol–water partition coefficient (Wildman–Crippen LogP) is 18.1. The Kier molecular flexibility index (Phi) is 13.6. The van der Waals surface area contributed by atoms with Crippen molar-refractivity contribution >= 4 is 105 Å². The lowest BCUT2D eigenvalue weighted by atomic mass is 9.68. The van der Waals surface area contributed by atoms with Crippen molar-refractivity contribution in [3.63, 3.8) is 0 Å². The minimum Gasteiger partial charge on any atom is -0.173 e. The van der Waals surface area contributed by atoms with Gasteiger partial charge in [0, 0.05) is 47.0 Å². The Bertz CT molecular complexity index is 3450. The molecule has 0 N–H and O–H groups in total. The summed E-state index contributed by atoms with van der Waals surface area (Å²) in [5.41, 5.74) is 21.9. The van der Waals surface area contributed by atoms with Gasteiger partial charge in [0.2, 0.25) is 0 Å². The first-order valence-corrected chi connectivity index (χ1v) is 38.1. The van der Waals surface area contributed by atoms with Crippen LogP contribution >= 0.6 is 46.1 Å². The van der Waals surface area contributed by atoms with Crippen LogP contribution in [0.3, 0.4) is 0 Å². The SMILES string of the molecule is CCCCCCC1(CCCCCC)c2cc3c(cc2-c2c1cc(C)c1nsnc21)C(CCCCCC)(CCCCCC)c1cc(-c2cc4c(s2)-c2cc5c(cc2[Si]4(C)C)-c2sc(C)cc2[Si]5(C)C)c2nsnc2c1-3. The molecule has 0 unspecified atom stereocenters. The van der Waals surface area contributed by atoms with Gasteiger partial charge in [-0.15, -0.1) is 22.7 Å². The minimum atomic E-state index is -2.01. The summed E-state index contributed by atoms with van der Waals surface area (Å²) in [6.07, 6.45) is 24.9. The first-order valence-electron chi connectivity index (χ1n) is 29.1. The van der Waals surface area contributed by atoms with Crippen molar-refractivity contribution in [2.45, 2.75) is 207 Å². The molecule has 0 saturated carbocycles. The molecule has 0 fully saturated rings.